The number of benzene rings is 2. The summed E-state index contributed by atoms with van der Waals surface area (Å²) in [6.07, 6.45) is 1.44. The molecule has 0 aliphatic heterocycles. The summed E-state index contributed by atoms with van der Waals surface area (Å²) in [7, 11) is 0. The summed E-state index contributed by atoms with van der Waals surface area (Å²) >= 11 is 0. The summed E-state index contributed by atoms with van der Waals surface area (Å²) in [5.74, 6) is -0.431. The lowest BCUT2D eigenvalue weighted by atomic mass is 10.1. The van der Waals surface area contributed by atoms with Gasteiger partial charge in [-0.3, -0.25) is 4.79 Å². The van der Waals surface area contributed by atoms with E-state index in [0.29, 0.717) is 5.69 Å². The molecule has 0 heterocycles. The molecule has 2 aromatic carbocycles. The quantitative estimate of drug-likeness (QED) is 0.661. The molecular weight excluding hydrogens is 286 g/mol. The lowest BCUT2D eigenvalue weighted by Gasteiger charge is -2.09. The van der Waals surface area contributed by atoms with Crippen molar-refractivity contribution in [2.24, 2.45) is 0 Å². The van der Waals surface area contributed by atoms with E-state index in [-0.39, 0.29) is 5.57 Å². The van der Waals surface area contributed by atoms with Crippen LogP contribution in [0, 0.1) is 32.1 Å². The lowest BCUT2D eigenvalue weighted by Crippen LogP contribution is -2.15. The summed E-state index contributed by atoms with van der Waals surface area (Å²) in [4.78, 5) is 12.2. The van der Waals surface area contributed by atoms with Gasteiger partial charge in [0.1, 0.15) is 11.6 Å². The monoisotopic (exact) mass is 305 g/mol. The van der Waals surface area contributed by atoms with Gasteiger partial charge >= 0.3 is 0 Å². The second-order valence-corrected chi connectivity index (χ2v) is 5.40. The van der Waals surface area contributed by atoms with E-state index in [9.17, 15) is 10.1 Å². The van der Waals surface area contributed by atoms with Crippen molar-refractivity contribution in [1.82, 2.24) is 0 Å². The van der Waals surface area contributed by atoms with Crippen molar-refractivity contribution in [1.29, 1.82) is 5.26 Å². The molecule has 2 aromatic rings. The number of aryl methyl sites for hydroxylation is 3. The Hall–Kier alpha value is -3.06. The maximum absolute atomic E-state index is 12.2. The topological polar surface area (TPSA) is 64.9 Å². The molecule has 1 amide bonds. The lowest BCUT2D eigenvalue weighted by molar-refractivity contribution is -0.112. The highest BCUT2D eigenvalue weighted by Gasteiger charge is 2.10. The highest BCUT2D eigenvalue weighted by atomic mass is 16.1. The molecule has 0 atom stereocenters. The van der Waals surface area contributed by atoms with Gasteiger partial charge in [0, 0.05) is 17.6 Å². The Labute approximate surface area is 136 Å². The zero-order valence-corrected chi connectivity index (χ0v) is 13.5. The number of rotatable bonds is 4. The number of carbonyl (C=O) groups excluding carboxylic acids is 1. The van der Waals surface area contributed by atoms with Gasteiger partial charge in [-0.2, -0.15) is 5.26 Å². The standard InChI is InChI=1S/C19H19N3O/c1-13-8-9-15(3)18(10-13)21-12-16(11-20)19(23)22-17-7-5-4-6-14(17)2/h4-10,12,21H,1-3H3,(H,22,23)/b16-12-. The molecule has 0 aliphatic carbocycles. The Morgan fingerprint density at radius 3 is 2.43 bits per heavy atom. The van der Waals surface area contributed by atoms with Gasteiger partial charge in [-0.15, -0.1) is 0 Å². The Balaban J connectivity index is 2.16. The van der Waals surface area contributed by atoms with Gasteiger partial charge in [-0.25, -0.2) is 0 Å². The molecule has 0 unspecified atom stereocenters. The third kappa shape index (κ3) is 4.21. The predicted octanol–water partition coefficient (Wildman–Crippen LogP) is 4.07. The van der Waals surface area contributed by atoms with Gasteiger partial charge in [0.25, 0.3) is 5.91 Å². The Kier molecular flexibility index (Phi) is 5.16. The summed E-state index contributed by atoms with van der Waals surface area (Å²) in [6, 6.07) is 15.4. The molecule has 0 bridgehead atoms. The molecule has 0 aliphatic rings. The van der Waals surface area contributed by atoms with Crippen LogP contribution in [-0.4, -0.2) is 5.91 Å². The Morgan fingerprint density at radius 2 is 1.74 bits per heavy atom. The van der Waals surface area contributed by atoms with Crippen molar-refractivity contribution in [3.05, 3.63) is 70.9 Å². The fourth-order valence-electron chi connectivity index (χ4n) is 2.09. The van der Waals surface area contributed by atoms with Crippen LogP contribution in [0.5, 0.6) is 0 Å². The minimum Gasteiger partial charge on any atom is -0.360 e. The van der Waals surface area contributed by atoms with Gasteiger partial charge in [0.2, 0.25) is 0 Å². The van der Waals surface area contributed by atoms with Gasteiger partial charge < -0.3 is 10.6 Å². The first-order valence-corrected chi connectivity index (χ1v) is 7.32. The third-order valence-corrected chi connectivity index (χ3v) is 3.52. The van der Waals surface area contributed by atoms with Crippen molar-refractivity contribution >= 4 is 17.3 Å². The first-order valence-electron chi connectivity index (χ1n) is 7.32. The zero-order chi connectivity index (χ0) is 16.8. The maximum atomic E-state index is 12.2. The van der Waals surface area contributed by atoms with E-state index in [4.69, 9.17) is 0 Å². The number of hydrogen-bond acceptors (Lipinski definition) is 3. The smallest absolute Gasteiger partial charge is 0.267 e. The summed E-state index contributed by atoms with van der Waals surface area (Å²) < 4.78 is 0. The Bertz CT molecular complexity index is 801. The molecule has 4 heteroatoms. The Morgan fingerprint density at radius 1 is 1.04 bits per heavy atom. The highest BCUT2D eigenvalue weighted by molar-refractivity contribution is 6.07. The molecule has 0 saturated carbocycles. The number of carbonyl (C=O) groups is 1. The zero-order valence-electron chi connectivity index (χ0n) is 13.5. The molecule has 0 spiro atoms. The van der Waals surface area contributed by atoms with E-state index in [1.807, 2.05) is 63.2 Å². The normalized spacial score (nSPS) is 10.8. The minimum absolute atomic E-state index is 0.0224. The number of nitriles is 1. The molecule has 116 valence electrons. The summed E-state index contributed by atoms with van der Waals surface area (Å²) in [6.45, 7) is 5.86. The van der Waals surface area contributed by atoms with Crippen LogP contribution >= 0.6 is 0 Å². The number of para-hydroxylation sites is 1. The van der Waals surface area contributed by atoms with Crippen LogP contribution in [0.15, 0.2) is 54.2 Å². The molecule has 0 aromatic heterocycles. The van der Waals surface area contributed by atoms with Crippen molar-refractivity contribution in [2.75, 3.05) is 10.6 Å². The molecule has 2 N–H and O–H groups in total. The number of amides is 1. The van der Waals surface area contributed by atoms with Crippen molar-refractivity contribution in [3.8, 4) is 6.07 Å². The average Bonchev–Trinajstić information content (AvgIpc) is 2.53. The fraction of sp³-hybridized carbons (Fsp3) is 0.158. The van der Waals surface area contributed by atoms with Gasteiger partial charge in [0.15, 0.2) is 0 Å². The second kappa shape index (κ2) is 7.28. The van der Waals surface area contributed by atoms with E-state index < -0.39 is 5.91 Å². The number of nitrogens with zero attached hydrogens (tertiary/aromatic N) is 1. The third-order valence-electron chi connectivity index (χ3n) is 3.52. The van der Waals surface area contributed by atoms with Crippen molar-refractivity contribution in [3.63, 3.8) is 0 Å². The number of nitrogens with one attached hydrogen (secondary N) is 2. The van der Waals surface area contributed by atoms with E-state index >= 15 is 0 Å². The molecule has 0 fully saturated rings. The van der Waals surface area contributed by atoms with Crippen molar-refractivity contribution < 1.29 is 4.79 Å². The van der Waals surface area contributed by atoms with Crippen LogP contribution < -0.4 is 10.6 Å². The highest BCUT2D eigenvalue weighted by Crippen LogP contribution is 2.17. The second-order valence-electron chi connectivity index (χ2n) is 5.40. The van der Waals surface area contributed by atoms with E-state index in [1.54, 1.807) is 6.07 Å². The predicted molar refractivity (Wildman–Crippen MR) is 93.0 cm³/mol. The van der Waals surface area contributed by atoms with E-state index in [1.165, 1.54) is 6.20 Å². The molecular formula is C19H19N3O. The van der Waals surface area contributed by atoms with Gasteiger partial charge in [-0.05, 0) is 49.6 Å². The molecule has 0 radical (unpaired) electrons. The first kappa shape index (κ1) is 16.3. The van der Waals surface area contributed by atoms with E-state index in [2.05, 4.69) is 10.6 Å². The molecule has 0 saturated heterocycles. The first-order chi connectivity index (χ1) is 11.0. The molecule has 2 rings (SSSR count). The van der Waals surface area contributed by atoms with Crippen LogP contribution in [0.4, 0.5) is 11.4 Å². The largest absolute Gasteiger partial charge is 0.360 e. The van der Waals surface area contributed by atoms with Crippen LogP contribution in [-0.2, 0) is 4.79 Å². The SMILES string of the molecule is Cc1ccc(C)c(N/C=C(/C#N)C(=O)Nc2ccccc2C)c1. The van der Waals surface area contributed by atoms with Gasteiger partial charge in [-0.1, -0.05) is 30.3 Å². The van der Waals surface area contributed by atoms with Crippen LogP contribution in [0.3, 0.4) is 0 Å². The minimum atomic E-state index is -0.431. The fourth-order valence-corrected chi connectivity index (χ4v) is 2.09. The number of hydrogen-bond donors (Lipinski definition) is 2. The average molecular weight is 305 g/mol. The van der Waals surface area contributed by atoms with Crippen LogP contribution in [0.1, 0.15) is 16.7 Å². The number of anilines is 2. The van der Waals surface area contributed by atoms with Gasteiger partial charge in [0.05, 0.1) is 0 Å². The van der Waals surface area contributed by atoms with Crippen LogP contribution in [0.2, 0.25) is 0 Å². The summed E-state index contributed by atoms with van der Waals surface area (Å²) in [5.41, 5.74) is 4.69. The maximum Gasteiger partial charge on any atom is 0.267 e. The van der Waals surface area contributed by atoms with Crippen molar-refractivity contribution in [2.45, 2.75) is 20.8 Å². The van der Waals surface area contributed by atoms with E-state index in [0.717, 1.165) is 22.4 Å². The molecule has 23 heavy (non-hydrogen) atoms. The molecule has 4 nitrogen and oxygen atoms in total. The summed E-state index contributed by atoms with van der Waals surface area (Å²) in [5, 5.41) is 15.0. The van der Waals surface area contributed by atoms with Crippen LogP contribution in [0.25, 0.3) is 0 Å².